The number of hydrogen-bond donors (Lipinski definition) is 1. The Balaban J connectivity index is 2.33. The predicted molar refractivity (Wildman–Crippen MR) is 76.3 cm³/mol. The van der Waals surface area contributed by atoms with Crippen LogP contribution in [0.1, 0.15) is 54.7 Å². The first-order chi connectivity index (χ1) is 8.63. The molecule has 0 saturated heterocycles. The van der Waals surface area contributed by atoms with Crippen molar-refractivity contribution in [3.05, 3.63) is 35.0 Å². The minimum absolute atomic E-state index is 0.122. The number of benzene rings is 1. The van der Waals surface area contributed by atoms with Crippen molar-refractivity contribution >= 4 is 16.7 Å². The summed E-state index contributed by atoms with van der Waals surface area (Å²) in [5.41, 5.74) is 4.52. The van der Waals surface area contributed by atoms with Gasteiger partial charge in [-0.05, 0) is 38.3 Å². The number of aromatic amines is 1. The van der Waals surface area contributed by atoms with Crippen molar-refractivity contribution in [2.24, 2.45) is 0 Å². The fourth-order valence-corrected chi connectivity index (χ4v) is 2.41. The Bertz CT molecular complexity index is 566. The van der Waals surface area contributed by atoms with Crippen LogP contribution in [0.25, 0.3) is 10.9 Å². The van der Waals surface area contributed by atoms with Crippen LogP contribution >= 0.6 is 0 Å². The van der Waals surface area contributed by atoms with E-state index in [-0.39, 0.29) is 5.78 Å². The predicted octanol–water partition coefficient (Wildman–Crippen LogP) is 4.41. The molecule has 1 heterocycles. The molecule has 1 aromatic heterocycles. The van der Waals surface area contributed by atoms with Gasteiger partial charge in [0.05, 0.1) is 0 Å². The van der Waals surface area contributed by atoms with Crippen LogP contribution in [0.5, 0.6) is 0 Å². The van der Waals surface area contributed by atoms with Gasteiger partial charge < -0.3 is 4.98 Å². The summed E-state index contributed by atoms with van der Waals surface area (Å²) in [6, 6.07) is 5.94. The number of ketones is 1. The van der Waals surface area contributed by atoms with Crippen molar-refractivity contribution in [2.45, 2.75) is 46.5 Å². The van der Waals surface area contributed by atoms with E-state index in [9.17, 15) is 4.79 Å². The Morgan fingerprint density at radius 1 is 1.28 bits per heavy atom. The number of Topliss-reactive ketones (excluding diaryl/α,β-unsaturated/α-hetero) is 1. The molecule has 2 heteroatoms. The number of aryl methyl sites for hydroxylation is 2. The van der Waals surface area contributed by atoms with Crippen LogP contribution in [0.15, 0.2) is 18.2 Å². The largest absolute Gasteiger partial charge is 0.358 e. The smallest absolute Gasteiger partial charge is 0.159 e. The van der Waals surface area contributed by atoms with E-state index >= 15 is 0 Å². The van der Waals surface area contributed by atoms with Crippen LogP contribution in [0.4, 0.5) is 0 Å². The van der Waals surface area contributed by atoms with Crippen LogP contribution in [-0.2, 0) is 6.42 Å². The van der Waals surface area contributed by atoms with Gasteiger partial charge in [-0.25, -0.2) is 0 Å². The molecule has 1 N–H and O–H groups in total. The normalized spacial score (nSPS) is 11.1. The zero-order valence-electron chi connectivity index (χ0n) is 11.5. The Morgan fingerprint density at radius 3 is 2.72 bits per heavy atom. The molecule has 0 aliphatic rings. The summed E-state index contributed by atoms with van der Waals surface area (Å²) in [6.45, 7) is 5.99. The molecule has 1 aromatic carbocycles. The zero-order chi connectivity index (χ0) is 13.1. The summed E-state index contributed by atoms with van der Waals surface area (Å²) < 4.78 is 0. The molecule has 0 radical (unpaired) electrons. The zero-order valence-corrected chi connectivity index (χ0v) is 11.5. The highest BCUT2D eigenvalue weighted by atomic mass is 16.1. The second kappa shape index (κ2) is 5.38. The maximum absolute atomic E-state index is 11.4. The molecule has 0 unspecified atom stereocenters. The highest BCUT2D eigenvalue weighted by molar-refractivity contribution is 5.98. The van der Waals surface area contributed by atoms with Gasteiger partial charge in [0.1, 0.15) is 0 Å². The number of fused-ring (bicyclic) bond motifs is 1. The number of unbranched alkanes of at least 4 members (excludes halogenated alkanes) is 2. The van der Waals surface area contributed by atoms with Crippen LogP contribution in [-0.4, -0.2) is 10.8 Å². The van der Waals surface area contributed by atoms with Gasteiger partial charge in [0.25, 0.3) is 0 Å². The molecule has 0 saturated carbocycles. The number of carbonyl (C=O) groups excluding carboxylic acids is 1. The highest BCUT2D eigenvalue weighted by Crippen LogP contribution is 2.24. The summed E-state index contributed by atoms with van der Waals surface area (Å²) in [6.07, 6.45) is 4.84. The lowest BCUT2D eigenvalue weighted by atomic mass is 10.1. The molecule has 2 rings (SSSR count). The third kappa shape index (κ3) is 2.47. The van der Waals surface area contributed by atoms with Crippen molar-refractivity contribution in [1.29, 1.82) is 0 Å². The van der Waals surface area contributed by atoms with E-state index < -0.39 is 0 Å². The monoisotopic (exact) mass is 243 g/mol. The molecule has 0 fully saturated rings. The van der Waals surface area contributed by atoms with Crippen molar-refractivity contribution < 1.29 is 4.79 Å². The molecular weight excluding hydrogens is 222 g/mol. The summed E-state index contributed by atoms with van der Waals surface area (Å²) in [5, 5.41) is 1.24. The van der Waals surface area contributed by atoms with E-state index in [2.05, 4.69) is 24.9 Å². The maximum atomic E-state index is 11.4. The molecule has 0 amide bonds. The Kier molecular flexibility index (Phi) is 3.85. The number of nitrogens with one attached hydrogen (secondary N) is 1. The number of H-pyrrole nitrogens is 1. The van der Waals surface area contributed by atoms with Crippen molar-refractivity contribution in [3.8, 4) is 0 Å². The number of rotatable bonds is 5. The molecule has 0 bridgehead atoms. The van der Waals surface area contributed by atoms with Gasteiger partial charge in [0.2, 0.25) is 0 Å². The van der Waals surface area contributed by atoms with Gasteiger partial charge in [-0.1, -0.05) is 31.9 Å². The van der Waals surface area contributed by atoms with Gasteiger partial charge in [-0.2, -0.15) is 0 Å². The molecule has 0 atom stereocenters. The fraction of sp³-hybridized carbons (Fsp3) is 0.438. The average molecular weight is 243 g/mol. The van der Waals surface area contributed by atoms with E-state index in [1.54, 1.807) is 6.92 Å². The van der Waals surface area contributed by atoms with E-state index in [1.807, 2.05) is 12.1 Å². The van der Waals surface area contributed by atoms with Gasteiger partial charge >= 0.3 is 0 Å². The summed E-state index contributed by atoms with van der Waals surface area (Å²) >= 11 is 0. The molecule has 2 nitrogen and oxygen atoms in total. The van der Waals surface area contributed by atoms with Gasteiger partial charge in [0, 0.05) is 22.2 Å². The number of aromatic nitrogens is 1. The third-order valence-electron chi connectivity index (χ3n) is 3.60. The van der Waals surface area contributed by atoms with Crippen molar-refractivity contribution in [1.82, 2.24) is 4.98 Å². The van der Waals surface area contributed by atoms with Gasteiger partial charge in [0.15, 0.2) is 5.78 Å². The van der Waals surface area contributed by atoms with Gasteiger partial charge in [-0.3, -0.25) is 4.79 Å². The molecular formula is C16H21NO. The molecule has 96 valence electrons. The minimum atomic E-state index is 0.122. The van der Waals surface area contributed by atoms with Crippen molar-refractivity contribution in [2.75, 3.05) is 0 Å². The highest BCUT2D eigenvalue weighted by Gasteiger charge is 2.09. The lowest BCUT2D eigenvalue weighted by Crippen LogP contribution is -1.90. The second-order valence-electron chi connectivity index (χ2n) is 5.00. The quantitative estimate of drug-likeness (QED) is 0.612. The molecule has 0 spiro atoms. The molecule has 0 aliphatic heterocycles. The Labute approximate surface area is 108 Å². The van der Waals surface area contributed by atoms with E-state index in [0.717, 1.165) is 17.5 Å². The first-order valence-corrected chi connectivity index (χ1v) is 6.75. The lowest BCUT2D eigenvalue weighted by molar-refractivity contribution is 0.101. The maximum Gasteiger partial charge on any atom is 0.159 e. The standard InChI is InChI=1S/C16H21NO/c1-4-5-6-7-15-11(2)14-9-8-13(12(3)18)10-16(14)17-15/h8-10,17H,4-7H2,1-3H3. The topological polar surface area (TPSA) is 32.9 Å². The minimum Gasteiger partial charge on any atom is -0.358 e. The SMILES string of the molecule is CCCCCc1[nH]c2cc(C(C)=O)ccc2c1C. The molecule has 0 aliphatic carbocycles. The third-order valence-corrected chi connectivity index (χ3v) is 3.60. The van der Waals surface area contributed by atoms with Crippen LogP contribution in [0.3, 0.4) is 0 Å². The summed E-state index contributed by atoms with van der Waals surface area (Å²) in [7, 11) is 0. The van der Waals surface area contributed by atoms with Crippen LogP contribution in [0.2, 0.25) is 0 Å². The van der Waals surface area contributed by atoms with E-state index in [1.165, 1.54) is 35.9 Å². The van der Waals surface area contributed by atoms with Crippen molar-refractivity contribution in [3.63, 3.8) is 0 Å². The summed E-state index contributed by atoms with van der Waals surface area (Å²) in [4.78, 5) is 14.8. The van der Waals surface area contributed by atoms with E-state index in [4.69, 9.17) is 0 Å². The average Bonchev–Trinajstić information content (AvgIpc) is 2.66. The number of hydrogen-bond acceptors (Lipinski definition) is 1. The Hall–Kier alpha value is -1.57. The molecule has 18 heavy (non-hydrogen) atoms. The van der Waals surface area contributed by atoms with E-state index in [0.29, 0.717) is 0 Å². The molecule has 2 aromatic rings. The van der Waals surface area contributed by atoms with Crippen LogP contribution in [0, 0.1) is 6.92 Å². The van der Waals surface area contributed by atoms with Crippen LogP contribution < -0.4 is 0 Å². The fourth-order valence-electron chi connectivity index (χ4n) is 2.41. The Morgan fingerprint density at radius 2 is 2.06 bits per heavy atom. The van der Waals surface area contributed by atoms with Gasteiger partial charge in [-0.15, -0.1) is 0 Å². The second-order valence-corrected chi connectivity index (χ2v) is 5.00. The first-order valence-electron chi connectivity index (χ1n) is 6.75. The summed E-state index contributed by atoms with van der Waals surface area (Å²) in [5.74, 6) is 0.122. The first kappa shape index (κ1) is 12.9. The number of carbonyl (C=O) groups is 1. The lowest BCUT2D eigenvalue weighted by Gasteiger charge is -1.98.